The second-order valence-electron chi connectivity index (χ2n) is 3.90. The summed E-state index contributed by atoms with van der Waals surface area (Å²) >= 11 is 0. The van der Waals surface area contributed by atoms with E-state index in [1.54, 1.807) is 6.07 Å². The molecule has 0 aliphatic rings. The molecule has 1 rings (SSSR count). The van der Waals surface area contributed by atoms with Gasteiger partial charge in [0.1, 0.15) is 5.82 Å². The highest BCUT2D eigenvalue weighted by Crippen LogP contribution is 2.08. The summed E-state index contributed by atoms with van der Waals surface area (Å²) in [6, 6.07) is 6.48. The molecule has 0 saturated carbocycles. The summed E-state index contributed by atoms with van der Waals surface area (Å²) in [6.07, 6.45) is 0. The van der Waals surface area contributed by atoms with Crippen LogP contribution in [0, 0.1) is 17.1 Å². The molecule has 4 heteroatoms. The Morgan fingerprint density at radius 2 is 2.24 bits per heavy atom. The number of benzene rings is 1. The molecule has 0 bridgehead atoms. The van der Waals surface area contributed by atoms with Gasteiger partial charge in [0.05, 0.1) is 18.2 Å². The van der Waals surface area contributed by atoms with Crippen molar-refractivity contribution >= 4 is 0 Å². The van der Waals surface area contributed by atoms with Gasteiger partial charge < -0.3 is 10.1 Å². The van der Waals surface area contributed by atoms with Gasteiger partial charge in [-0.3, -0.25) is 0 Å². The van der Waals surface area contributed by atoms with E-state index in [2.05, 4.69) is 5.32 Å². The minimum Gasteiger partial charge on any atom is -0.380 e. The number of ether oxygens (including phenoxy) is 1. The number of nitrogens with zero attached hydrogens (tertiary/aromatic N) is 1. The first-order valence-electron chi connectivity index (χ1n) is 5.66. The Hall–Kier alpha value is -1.44. The minimum atomic E-state index is -0.377. The van der Waals surface area contributed by atoms with E-state index in [-0.39, 0.29) is 11.9 Å². The molecule has 1 aromatic carbocycles. The third kappa shape index (κ3) is 4.94. The number of hydrogen-bond donors (Lipinski definition) is 1. The van der Waals surface area contributed by atoms with Crippen molar-refractivity contribution < 1.29 is 9.13 Å². The fraction of sp³-hybridized carbons (Fsp3) is 0.462. The lowest BCUT2D eigenvalue weighted by molar-refractivity contribution is 0.127. The summed E-state index contributed by atoms with van der Waals surface area (Å²) in [5.41, 5.74) is 1.11. The van der Waals surface area contributed by atoms with Crippen LogP contribution in [-0.2, 0) is 11.3 Å². The van der Waals surface area contributed by atoms with Crippen LogP contribution in [0.15, 0.2) is 18.2 Å². The predicted molar refractivity (Wildman–Crippen MR) is 63.9 cm³/mol. The lowest BCUT2D eigenvalue weighted by Crippen LogP contribution is -2.30. The van der Waals surface area contributed by atoms with E-state index in [1.807, 2.05) is 19.9 Å². The van der Waals surface area contributed by atoms with Crippen molar-refractivity contribution in [3.05, 3.63) is 35.1 Å². The molecule has 0 fully saturated rings. The van der Waals surface area contributed by atoms with Crippen molar-refractivity contribution in [3.8, 4) is 6.07 Å². The summed E-state index contributed by atoms with van der Waals surface area (Å²) in [4.78, 5) is 0. The SMILES string of the molecule is CCOCC(C)NCc1cc(F)cc(C#N)c1. The Labute approximate surface area is 101 Å². The van der Waals surface area contributed by atoms with Gasteiger partial charge in [-0.2, -0.15) is 5.26 Å². The van der Waals surface area contributed by atoms with E-state index in [0.717, 1.165) is 5.56 Å². The van der Waals surface area contributed by atoms with Gasteiger partial charge in [0.2, 0.25) is 0 Å². The van der Waals surface area contributed by atoms with E-state index in [4.69, 9.17) is 10.00 Å². The van der Waals surface area contributed by atoms with Crippen LogP contribution in [0.4, 0.5) is 4.39 Å². The van der Waals surface area contributed by atoms with Gasteiger partial charge in [-0.05, 0) is 37.6 Å². The van der Waals surface area contributed by atoms with Crippen molar-refractivity contribution in [2.75, 3.05) is 13.2 Å². The molecule has 1 N–H and O–H groups in total. The van der Waals surface area contributed by atoms with Crippen molar-refractivity contribution in [1.82, 2.24) is 5.32 Å². The van der Waals surface area contributed by atoms with Crippen molar-refractivity contribution in [3.63, 3.8) is 0 Å². The number of rotatable bonds is 6. The van der Waals surface area contributed by atoms with Gasteiger partial charge in [-0.1, -0.05) is 0 Å². The molecule has 0 heterocycles. The van der Waals surface area contributed by atoms with Gasteiger partial charge >= 0.3 is 0 Å². The highest BCUT2D eigenvalue weighted by molar-refractivity contribution is 5.33. The fourth-order valence-corrected chi connectivity index (χ4v) is 1.46. The largest absolute Gasteiger partial charge is 0.380 e. The van der Waals surface area contributed by atoms with Crippen LogP contribution in [0.25, 0.3) is 0 Å². The Bertz CT molecular complexity index is 401. The van der Waals surface area contributed by atoms with E-state index >= 15 is 0 Å². The second-order valence-corrected chi connectivity index (χ2v) is 3.90. The molecule has 3 nitrogen and oxygen atoms in total. The third-order valence-electron chi connectivity index (χ3n) is 2.31. The highest BCUT2D eigenvalue weighted by atomic mass is 19.1. The van der Waals surface area contributed by atoms with Crippen molar-refractivity contribution in [2.45, 2.75) is 26.4 Å². The van der Waals surface area contributed by atoms with Gasteiger partial charge in [0.25, 0.3) is 0 Å². The van der Waals surface area contributed by atoms with E-state index in [0.29, 0.717) is 25.3 Å². The molecule has 0 aliphatic carbocycles. The Kier molecular flexibility index (Phi) is 5.61. The first-order valence-corrected chi connectivity index (χ1v) is 5.66. The molecule has 0 amide bonds. The maximum atomic E-state index is 13.1. The molecule has 0 saturated heterocycles. The molecule has 0 spiro atoms. The van der Waals surface area contributed by atoms with Gasteiger partial charge in [0.15, 0.2) is 0 Å². The Morgan fingerprint density at radius 1 is 1.47 bits per heavy atom. The Balaban J connectivity index is 2.51. The first kappa shape index (κ1) is 13.6. The molecular formula is C13H17FN2O. The molecular weight excluding hydrogens is 219 g/mol. The van der Waals surface area contributed by atoms with Crippen LogP contribution in [0.1, 0.15) is 25.0 Å². The molecule has 1 atom stereocenters. The average Bonchev–Trinajstić information content (AvgIpc) is 2.33. The standard InChI is InChI=1S/C13H17FN2O/c1-3-17-9-10(2)16-8-12-4-11(7-15)5-13(14)6-12/h4-6,10,16H,3,8-9H2,1-2H3. The quantitative estimate of drug-likeness (QED) is 0.823. The van der Waals surface area contributed by atoms with Gasteiger partial charge in [-0.25, -0.2) is 4.39 Å². The van der Waals surface area contributed by atoms with Crippen molar-refractivity contribution in [1.29, 1.82) is 5.26 Å². The lowest BCUT2D eigenvalue weighted by atomic mass is 10.1. The topological polar surface area (TPSA) is 45.0 Å². The summed E-state index contributed by atoms with van der Waals surface area (Å²) in [7, 11) is 0. The summed E-state index contributed by atoms with van der Waals surface area (Å²) in [6.45, 7) is 5.78. The molecule has 17 heavy (non-hydrogen) atoms. The zero-order chi connectivity index (χ0) is 12.7. The average molecular weight is 236 g/mol. The summed E-state index contributed by atoms with van der Waals surface area (Å²) in [5, 5.41) is 11.9. The fourth-order valence-electron chi connectivity index (χ4n) is 1.46. The minimum absolute atomic E-state index is 0.198. The van der Waals surface area contributed by atoms with Crippen LogP contribution in [0.5, 0.6) is 0 Å². The van der Waals surface area contributed by atoms with Crippen LogP contribution in [-0.4, -0.2) is 19.3 Å². The first-order chi connectivity index (χ1) is 8.15. The molecule has 1 aromatic rings. The van der Waals surface area contributed by atoms with Crippen LogP contribution >= 0.6 is 0 Å². The summed E-state index contributed by atoms with van der Waals surface area (Å²) < 4.78 is 18.4. The lowest BCUT2D eigenvalue weighted by Gasteiger charge is -2.13. The van der Waals surface area contributed by atoms with E-state index < -0.39 is 0 Å². The maximum absolute atomic E-state index is 13.1. The van der Waals surface area contributed by atoms with Crippen LogP contribution in [0.3, 0.4) is 0 Å². The molecule has 0 aliphatic heterocycles. The normalized spacial score (nSPS) is 12.1. The van der Waals surface area contributed by atoms with Crippen LogP contribution in [0.2, 0.25) is 0 Å². The van der Waals surface area contributed by atoms with E-state index in [9.17, 15) is 4.39 Å². The Morgan fingerprint density at radius 3 is 2.88 bits per heavy atom. The zero-order valence-corrected chi connectivity index (χ0v) is 10.2. The number of nitrogens with one attached hydrogen (secondary N) is 1. The second kappa shape index (κ2) is 7.00. The highest BCUT2D eigenvalue weighted by Gasteiger charge is 2.04. The number of halogens is 1. The zero-order valence-electron chi connectivity index (χ0n) is 10.2. The van der Waals surface area contributed by atoms with Crippen LogP contribution < -0.4 is 5.32 Å². The maximum Gasteiger partial charge on any atom is 0.124 e. The summed E-state index contributed by atoms with van der Waals surface area (Å²) in [5.74, 6) is -0.377. The number of hydrogen-bond acceptors (Lipinski definition) is 3. The third-order valence-corrected chi connectivity index (χ3v) is 2.31. The number of nitriles is 1. The molecule has 92 valence electrons. The van der Waals surface area contributed by atoms with Crippen molar-refractivity contribution in [2.24, 2.45) is 0 Å². The predicted octanol–water partition coefficient (Wildman–Crippen LogP) is 2.21. The van der Waals surface area contributed by atoms with Gasteiger partial charge in [-0.15, -0.1) is 0 Å². The molecule has 1 unspecified atom stereocenters. The molecule has 0 aromatic heterocycles. The smallest absolute Gasteiger partial charge is 0.124 e. The van der Waals surface area contributed by atoms with Gasteiger partial charge in [0, 0.05) is 19.2 Å². The van der Waals surface area contributed by atoms with E-state index in [1.165, 1.54) is 12.1 Å². The molecule has 0 radical (unpaired) electrons. The monoisotopic (exact) mass is 236 g/mol.